The summed E-state index contributed by atoms with van der Waals surface area (Å²) in [5.41, 5.74) is 0.980. The highest BCUT2D eigenvalue weighted by molar-refractivity contribution is 5.76. The molecule has 1 aromatic carbocycles. The number of nitrogens with one attached hydrogen (secondary N) is 1. The summed E-state index contributed by atoms with van der Waals surface area (Å²) in [6.07, 6.45) is 2.86. The molecule has 1 aromatic heterocycles. The molecule has 0 unspecified atom stereocenters. The smallest absolute Gasteiger partial charge is 0.222 e. The van der Waals surface area contributed by atoms with Crippen molar-refractivity contribution in [3.05, 3.63) is 29.3 Å². The number of likely N-dealkylation sites (tertiary alicyclic amines) is 1. The maximum absolute atomic E-state index is 12.7. The summed E-state index contributed by atoms with van der Waals surface area (Å²) >= 11 is 0. The summed E-state index contributed by atoms with van der Waals surface area (Å²) in [7, 11) is 4.76. The molecule has 1 fully saturated rings. The van der Waals surface area contributed by atoms with Gasteiger partial charge in [-0.1, -0.05) is 0 Å². The largest absolute Gasteiger partial charge is 0.493 e. The highest BCUT2D eigenvalue weighted by atomic mass is 16.5. The van der Waals surface area contributed by atoms with Crippen molar-refractivity contribution in [2.24, 2.45) is 0 Å². The fourth-order valence-electron chi connectivity index (χ4n) is 3.62. The number of nitrogens with zero attached hydrogens (tertiary/aromatic N) is 3. The molecule has 3 rings (SSSR count). The van der Waals surface area contributed by atoms with Crippen molar-refractivity contribution in [2.75, 3.05) is 34.4 Å². The summed E-state index contributed by atoms with van der Waals surface area (Å²) in [5.74, 6) is 3.95. The van der Waals surface area contributed by atoms with Crippen LogP contribution in [0.4, 0.5) is 0 Å². The highest BCUT2D eigenvalue weighted by Crippen LogP contribution is 2.38. The van der Waals surface area contributed by atoms with Crippen molar-refractivity contribution in [3.8, 4) is 17.2 Å². The maximum Gasteiger partial charge on any atom is 0.222 e. The Balaban J connectivity index is 1.56. The van der Waals surface area contributed by atoms with Crippen LogP contribution in [0.5, 0.6) is 17.2 Å². The van der Waals surface area contributed by atoms with Gasteiger partial charge in [0, 0.05) is 25.4 Å². The number of hydrogen-bond acceptors (Lipinski definition) is 6. The van der Waals surface area contributed by atoms with E-state index in [4.69, 9.17) is 14.2 Å². The molecular formula is C20H28N4O4. The van der Waals surface area contributed by atoms with E-state index in [1.807, 2.05) is 24.0 Å². The van der Waals surface area contributed by atoms with E-state index in [1.54, 1.807) is 21.3 Å². The lowest BCUT2D eigenvalue weighted by atomic mass is 9.95. The molecule has 1 amide bonds. The van der Waals surface area contributed by atoms with Crippen molar-refractivity contribution < 1.29 is 19.0 Å². The number of methoxy groups -OCH3 is 3. The number of piperidine rings is 1. The Bertz CT molecular complexity index is 787. The van der Waals surface area contributed by atoms with Crippen LogP contribution < -0.4 is 14.2 Å². The van der Waals surface area contributed by atoms with Crippen LogP contribution in [0.25, 0.3) is 0 Å². The predicted octanol–water partition coefficient (Wildman–Crippen LogP) is 2.48. The Morgan fingerprint density at radius 3 is 2.29 bits per heavy atom. The molecule has 152 valence electrons. The zero-order valence-electron chi connectivity index (χ0n) is 16.9. The van der Waals surface area contributed by atoms with E-state index in [0.29, 0.717) is 36.0 Å². The van der Waals surface area contributed by atoms with Crippen molar-refractivity contribution in [1.29, 1.82) is 0 Å². The first-order valence-corrected chi connectivity index (χ1v) is 9.51. The zero-order valence-corrected chi connectivity index (χ0v) is 16.9. The average molecular weight is 388 g/mol. The second kappa shape index (κ2) is 8.95. The SMILES string of the molecule is COc1cc(CCC(=O)N2CCC(c3n[nH]c(C)n3)CC2)cc(OC)c1OC. The quantitative estimate of drug-likeness (QED) is 0.784. The van der Waals surface area contributed by atoms with Gasteiger partial charge in [-0.05, 0) is 43.9 Å². The molecule has 28 heavy (non-hydrogen) atoms. The van der Waals surface area contributed by atoms with Crippen LogP contribution in [0.15, 0.2) is 12.1 Å². The van der Waals surface area contributed by atoms with E-state index in [1.165, 1.54) is 0 Å². The number of aromatic amines is 1. The third-order valence-electron chi connectivity index (χ3n) is 5.18. The second-order valence-electron chi connectivity index (χ2n) is 6.97. The normalized spacial score (nSPS) is 14.8. The molecule has 2 aromatic rings. The number of rotatable bonds is 7. The van der Waals surface area contributed by atoms with E-state index in [0.717, 1.165) is 43.1 Å². The molecule has 0 saturated carbocycles. The molecule has 0 radical (unpaired) electrons. The molecular weight excluding hydrogens is 360 g/mol. The van der Waals surface area contributed by atoms with Gasteiger partial charge in [0.2, 0.25) is 11.7 Å². The number of H-pyrrole nitrogens is 1. The average Bonchev–Trinajstić information content (AvgIpc) is 3.17. The lowest BCUT2D eigenvalue weighted by Crippen LogP contribution is -2.38. The molecule has 1 saturated heterocycles. The number of aryl methyl sites for hydroxylation is 2. The second-order valence-corrected chi connectivity index (χ2v) is 6.97. The molecule has 1 N–H and O–H groups in total. The summed E-state index contributed by atoms with van der Waals surface area (Å²) in [4.78, 5) is 19.0. The minimum atomic E-state index is 0.165. The lowest BCUT2D eigenvalue weighted by Gasteiger charge is -2.31. The number of carbonyl (C=O) groups excluding carboxylic acids is 1. The van der Waals surface area contributed by atoms with Crippen LogP contribution in [0.3, 0.4) is 0 Å². The Kier molecular flexibility index (Phi) is 6.38. The number of carbonyl (C=O) groups is 1. The van der Waals surface area contributed by atoms with Gasteiger partial charge in [-0.25, -0.2) is 4.98 Å². The van der Waals surface area contributed by atoms with Gasteiger partial charge in [-0.2, -0.15) is 5.10 Å². The molecule has 2 heterocycles. The third kappa shape index (κ3) is 4.37. The van der Waals surface area contributed by atoms with Crippen molar-refractivity contribution in [3.63, 3.8) is 0 Å². The van der Waals surface area contributed by atoms with E-state index in [2.05, 4.69) is 15.2 Å². The Morgan fingerprint density at radius 1 is 1.14 bits per heavy atom. The molecule has 8 heteroatoms. The minimum absolute atomic E-state index is 0.165. The Hall–Kier alpha value is -2.77. The first-order valence-electron chi connectivity index (χ1n) is 9.51. The molecule has 0 bridgehead atoms. The van der Waals surface area contributed by atoms with Crippen LogP contribution in [0, 0.1) is 6.92 Å². The highest BCUT2D eigenvalue weighted by Gasteiger charge is 2.26. The number of aromatic nitrogens is 3. The number of benzene rings is 1. The molecule has 1 aliphatic rings. The molecule has 0 spiro atoms. The minimum Gasteiger partial charge on any atom is -0.493 e. The Morgan fingerprint density at radius 2 is 1.79 bits per heavy atom. The van der Waals surface area contributed by atoms with Crippen LogP contribution in [0.1, 0.15) is 42.4 Å². The van der Waals surface area contributed by atoms with Crippen LogP contribution in [0.2, 0.25) is 0 Å². The summed E-state index contributed by atoms with van der Waals surface area (Å²) in [6, 6.07) is 3.79. The fourth-order valence-corrected chi connectivity index (χ4v) is 3.62. The van der Waals surface area contributed by atoms with E-state index in [-0.39, 0.29) is 5.91 Å². The van der Waals surface area contributed by atoms with Crippen LogP contribution >= 0.6 is 0 Å². The monoisotopic (exact) mass is 388 g/mol. The molecule has 0 aliphatic carbocycles. The van der Waals surface area contributed by atoms with Crippen molar-refractivity contribution in [1.82, 2.24) is 20.1 Å². The number of hydrogen-bond donors (Lipinski definition) is 1. The Labute approximate surface area is 165 Å². The predicted molar refractivity (Wildman–Crippen MR) is 104 cm³/mol. The van der Waals surface area contributed by atoms with Gasteiger partial charge in [-0.3, -0.25) is 9.89 Å². The topological polar surface area (TPSA) is 89.6 Å². The van der Waals surface area contributed by atoms with Gasteiger partial charge >= 0.3 is 0 Å². The maximum atomic E-state index is 12.7. The standard InChI is InChI=1S/C20H28N4O4/c1-13-21-20(23-22-13)15-7-9-24(10-8-15)18(25)6-5-14-11-16(26-2)19(28-4)17(12-14)27-3/h11-12,15H,5-10H2,1-4H3,(H,21,22,23). The fraction of sp³-hybridized carbons (Fsp3) is 0.550. The van der Waals surface area contributed by atoms with Gasteiger partial charge < -0.3 is 19.1 Å². The first-order chi connectivity index (χ1) is 13.5. The van der Waals surface area contributed by atoms with Crippen LogP contribution in [-0.2, 0) is 11.2 Å². The molecule has 0 atom stereocenters. The lowest BCUT2D eigenvalue weighted by molar-refractivity contribution is -0.132. The molecule has 1 aliphatic heterocycles. The molecule has 8 nitrogen and oxygen atoms in total. The number of amides is 1. The van der Waals surface area contributed by atoms with E-state index < -0.39 is 0 Å². The summed E-state index contributed by atoms with van der Waals surface area (Å²) in [6.45, 7) is 3.39. The van der Waals surface area contributed by atoms with Gasteiger partial charge in [0.1, 0.15) is 5.82 Å². The number of ether oxygens (including phenoxy) is 3. The van der Waals surface area contributed by atoms with E-state index >= 15 is 0 Å². The van der Waals surface area contributed by atoms with Gasteiger partial charge in [0.25, 0.3) is 0 Å². The first kappa shape index (κ1) is 20.0. The van der Waals surface area contributed by atoms with Crippen molar-refractivity contribution >= 4 is 5.91 Å². The van der Waals surface area contributed by atoms with E-state index in [9.17, 15) is 4.79 Å². The zero-order chi connectivity index (χ0) is 20.1. The van der Waals surface area contributed by atoms with Gasteiger partial charge in [0.05, 0.1) is 21.3 Å². The summed E-state index contributed by atoms with van der Waals surface area (Å²) in [5, 5.41) is 7.15. The summed E-state index contributed by atoms with van der Waals surface area (Å²) < 4.78 is 16.1. The van der Waals surface area contributed by atoms with Crippen molar-refractivity contribution in [2.45, 2.75) is 38.5 Å². The third-order valence-corrected chi connectivity index (χ3v) is 5.18. The van der Waals surface area contributed by atoms with Crippen LogP contribution in [-0.4, -0.2) is 60.4 Å². The van der Waals surface area contributed by atoms with Gasteiger partial charge in [0.15, 0.2) is 17.3 Å². The van der Waals surface area contributed by atoms with Gasteiger partial charge in [-0.15, -0.1) is 0 Å².